The fourth-order valence-electron chi connectivity index (χ4n) is 2.35. The summed E-state index contributed by atoms with van der Waals surface area (Å²) in [5.74, 6) is 0. The first-order valence-corrected chi connectivity index (χ1v) is 8.46. The first-order valence-electron chi connectivity index (χ1n) is 6.85. The SMILES string of the molecule is CSc1ccc(-c2c(-c3ccc(Cl)cc3)[nH]c(=O)[nH]c2=O)cc1. The van der Waals surface area contributed by atoms with Crippen LogP contribution in [-0.2, 0) is 0 Å². The van der Waals surface area contributed by atoms with E-state index in [1.165, 1.54) is 0 Å². The van der Waals surface area contributed by atoms with E-state index in [9.17, 15) is 9.59 Å². The van der Waals surface area contributed by atoms with Gasteiger partial charge in [-0.1, -0.05) is 35.9 Å². The number of nitrogens with one attached hydrogen (secondary N) is 2. The van der Waals surface area contributed by atoms with Crippen molar-refractivity contribution in [3.05, 3.63) is 74.4 Å². The number of aromatic amines is 2. The van der Waals surface area contributed by atoms with E-state index in [4.69, 9.17) is 11.6 Å². The van der Waals surface area contributed by atoms with Crippen LogP contribution < -0.4 is 11.2 Å². The van der Waals surface area contributed by atoms with Gasteiger partial charge in [0.05, 0.1) is 11.3 Å². The van der Waals surface area contributed by atoms with Gasteiger partial charge in [0.15, 0.2) is 0 Å². The molecule has 0 aliphatic heterocycles. The van der Waals surface area contributed by atoms with Crippen molar-refractivity contribution in [3.63, 3.8) is 0 Å². The second-order valence-corrected chi connectivity index (χ2v) is 6.21. The molecule has 3 aromatic rings. The van der Waals surface area contributed by atoms with Gasteiger partial charge in [-0.15, -0.1) is 11.8 Å². The summed E-state index contributed by atoms with van der Waals surface area (Å²) >= 11 is 7.53. The zero-order chi connectivity index (χ0) is 16.4. The number of hydrogen-bond acceptors (Lipinski definition) is 3. The highest BCUT2D eigenvalue weighted by atomic mass is 35.5. The largest absolute Gasteiger partial charge is 0.326 e. The molecule has 0 amide bonds. The summed E-state index contributed by atoms with van der Waals surface area (Å²) in [5, 5.41) is 0.590. The molecule has 6 heteroatoms. The zero-order valence-corrected chi connectivity index (χ0v) is 13.8. The fourth-order valence-corrected chi connectivity index (χ4v) is 2.89. The van der Waals surface area contributed by atoms with Crippen molar-refractivity contribution >= 4 is 23.4 Å². The third-order valence-electron chi connectivity index (χ3n) is 3.45. The quantitative estimate of drug-likeness (QED) is 0.711. The highest BCUT2D eigenvalue weighted by molar-refractivity contribution is 7.98. The van der Waals surface area contributed by atoms with Gasteiger partial charge in [-0.25, -0.2) is 4.79 Å². The number of hydrogen-bond donors (Lipinski definition) is 2. The minimum absolute atomic E-state index is 0.421. The molecule has 116 valence electrons. The molecule has 0 bridgehead atoms. The minimum Gasteiger partial charge on any atom is -0.306 e. The van der Waals surface area contributed by atoms with Gasteiger partial charge in [-0.2, -0.15) is 0 Å². The molecule has 23 heavy (non-hydrogen) atoms. The van der Waals surface area contributed by atoms with E-state index in [0.29, 0.717) is 16.3 Å². The van der Waals surface area contributed by atoms with Crippen molar-refractivity contribution < 1.29 is 0 Å². The Morgan fingerprint density at radius 1 is 0.870 bits per heavy atom. The second kappa shape index (κ2) is 6.48. The number of H-pyrrole nitrogens is 2. The molecule has 0 spiro atoms. The summed E-state index contributed by atoms with van der Waals surface area (Å²) in [6.07, 6.45) is 1.99. The first kappa shape index (κ1) is 15.6. The first-order chi connectivity index (χ1) is 11.1. The predicted octanol–water partition coefficient (Wildman–Crippen LogP) is 3.77. The summed E-state index contributed by atoms with van der Waals surface area (Å²) < 4.78 is 0. The highest BCUT2D eigenvalue weighted by Crippen LogP contribution is 2.28. The summed E-state index contributed by atoms with van der Waals surface area (Å²) in [7, 11) is 0. The molecule has 3 rings (SSSR count). The number of halogens is 1. The van der Waals surface area contributed by atoms with Crippen LogP contribution in [-0.4, -0.2) is 16.2 Å². The maximum atomic E-state index is 12.3. The zero-order valence-electron chi connectivity index (χ0n) is 12.2. The lowest BCUT2D eigenvalue weighted by Gasteiger charge is -2.09. The third kappa shape index (κ3) is 3.25. The number of benzene rings is 2. The molecule has 0 atom stereocenters. The molecule has 0 fully saturated rings. The van der Waals surface area contributed by atoms with E-state index < -0.39 is 11.2 Å². The topological polar surface area (TPSA) is 65.7 Å². The molecule has 0 aliphatic rings. The molecule has 4 nitrogen and oxygen atoms in total. The van der Waals surface area contributed by atoms with E-state index in [0.717, 1.165) is 16.0 Å². The maximum Gasteiger partial charge on any atom is 0.326 e. The fraction of sp³-hybridized carbons (Fsp3) is 0.0588. The second-order valence-electron chi connectivity index (χ2n) is 4.89. The van der Waals surface area contributed by atoms with Gasteiger partial charge in [-0.3, -0.25) is 9.78 Å². The van der Waals surface area contributed by atoms with Gasteiger partial charge in [-0.05, 0) is 41.6 Å². The third-order valence-corrected chi connectivity index (χ3v) is 4.45. The van der Waals surface area contributed by atoms with Crippen LogP contribution in [0.15, 0.2) is 63.0 Å². The van der Waals surface area contributed by atoms with Crippen molar-refractivity contribution in [2.75, 3.05) is 6.26 Å². The normalized spacial score (nSPS) is 10.7. The van der Waals surface area contributed by atoms with Crippen molar-refractivity contribution in [3.8, 4) is 22.4 Å². The Kier molecular flexibility index (Phi) is 4.41. The molecule has 1 heterocycles. The number of aromatic nitrogens is 2. The summed E-state index contributed by atoms with van der Waals surface area (Å²) in [4.78, 5) is 30.2. The molecule has 2 aromatic carbocycles. The smallest absolute Gasteiger partial charge is 0.306 e. The molecule has 1 aromatic heterocycles. The summed E-state index contributed by atoms with van der Waals surface area (Å²) in [6, 6.07) is 14.6. The van der Waals surface area contributed by atoms with E-state index >= 15 is 0 Å². The van der Waals surface area contributed by atoms with Gasteiger partial charge in [0.25, 0.3) is 5.56 Å². The van der Waals surface area contributed by atoms with Crippen molar-refractivity contribution in [2.45, 2.75) is 4.90 Å². The standard InChI is InChI=1S/C17H13ClN2O2S/c1-23-13-8-4-10(5-9-13)14-15(19-17(22)20-16(14)21)11-2-6-12(18)7-3-11/h2-9H,1H3,(H2,19,20,21,22). The van der Waals surface area contributed by atoms with Gasteiger partial charge in [0, 0.05) is 9.92 Å². The Morgan fingerprint density at radius 3 is 2.09 bits per heavy atom. The van der Waals surface area contributed by atoms with Crippen LogP contribution in [0.25, 0.3) is 22.4 Å². The van der Waals surface area contributed by atoms with Crippen LogP contribution in [0.4, 0.5) is 0 Å². The lowest BCUT2D eigenvalue weighted by molar-refractivity contribution is 1.04. The lowest BCUT2D eigenvalue weighted by Crippen LogP contribution is -2.24. The van der Waals surface area contributed by atoms with Crippen molar-refractivity contribution in [1.82, 2.24) is 9.97 Å². The minimum atomic E-state index is -0.538. The van der Waals surface area contributed by atoms with E-state index in [-0.39, 0.29) is 0 Å². The Balaban J connectivity index is 2.24. The monoisotopic (exact) mass is 344 g/mol. The average molecular weight is 345 g/mol. The van der Waals surface area contributed by atoms with Gasteiger partial charge in [0.2, 0.25) is 0 Å². The van der Waals surface area contributed by atoms with Crippen LogP contribution in [0.3, 0.4) is 0 Å². The van der Waals surface area contributed by atoms with Crippen molar-refractivity contribution in [2.24, 2.45) is 0 Å². The maximum absolute atomic E-state index is 12.3. The Morgan fingerprint density at radius 2 is 1.48 bits per heavy atom. The van der Waals surface area contributed by atoms with Gasteiger partial charge >= 0.3 is 5.69 Å². The predicted molar refractivity (Wildman–Crippen MR) is 95.3 cm³/mol. The molecule has 0 radical (unpaired) electrons. The Bertz CT molecular complexity index is 944. The lowest BCUT2D eigenvalue weighted by atomic mass is 10.0. The Labute approximate surface area is 141 Å². The van der Waals surface area contributed by atoms with Crippen LogP contribution in [0.2, 0.25) is 5.02 Å². The van der Waals surface area contributed by atoms with Crippen LogP contribution >= 0.6 is 23.4 Å². The average Bonchev–Trinajstić information content (AvgIpc) is 2.55. The molecule has 2 N–H and O–H groups in total. The molecule has 0 saturated heterocycles. The Hall–Kier alpha value is -2.24. The number of rotatable bonds is 3. The molecule has 0 unspecified atom stereocenters. The van der Waals surface area contributed by atoms with E-state index in [2.05, 4.69) is 9.97 Å². The van der Waals surface area contributed by atoms with Crippen molar-refractivity contribution in [1.29, 1.82) is 0 Å². The van der Waals surface area contributed by atoms with Crippen LogP contribution in [0, 0.1) is 0 Å². The molecular weight excluding hydrogens is 332 g/mol. The van der Waals surface area contributed by atoms with Crippen LogP contribution in [0.5, 0.6) is 0 Å². The van der Waals surface area contributed by atoms with Gasteiger partial charge in [0.1, 0.15) is 0 Å². The molecular formula is C17H13ClN2O2S. The molecule has 0 aliphatic carbocycles. The molecule has 0 saturated carbocycles. The summed E-state index contributed by atoms with van der Waals surface area (Å²) in [6.45, 7) is 0. The summed E-state index contributed by atoms with van der Waals surface area (Å²) in [5.41, 5.74) is 1.42. The highest BCUT2D eigenvalue weighted by Gasteiger charge is 2.13. The van der Waals surface area contributed by atoms with E-state index in [1.807, 2.05) is 30.5 Å². The van der Waals surface area contributed by atoms with E-state index in [1.54, 1.807) is 36.0 Å². The number of thioether (sulfide) groups is 1. The van der Waals surface area contributed by atoms with Gasteiger partial charge < -0.3 is 4.98 Å². The van der Waals surface area contributed by atoms with Crippen LogP contribution in [0.1, 0.15) is 0 Å².